The first-order valence-corrected chi connectivity index (χ1v) is 7.07. The number of rotatable bonds is 6. The lowest BCUT2D eigenvalue weighted by atomic mass is 10.1. The number of anilines is 1. The Bertz CT molecular complexity index is 660. The summed E-state index contributed by atoms with van der Waals surface area (Å²) < 4.78 is 44.1. The van der Waals surface area contributed by atoms with E-state index < -0.39 is 11.7 Å². The number of halogens is 3. The first-order valence-electron chi connectivity index (χ1n) is 7.07. The van der Waals surface area contributed by atoms with Gasteiger partial charge in [-0.3, -0.25) is 4.98 Å². The molecule has 0 atom stereocenters. The third-order valence-corrected chi connectivity index (χ3v) is 3.19. The second-order valence-corrected chi connectivity index (χ2v) is 4.76. The Labute approximate surface area is 131 Å². The summed E-state index contributed by atoms with van der Waals surface area (Å²) in [6, 6.07) is 7.25. The number of hydrogen-bond acceptors (Lipinski definition) is 4. The summed E-state index contributed by atoms with van der Waals surface area (Å²) in [5.74, 6) is 0.550. The molecule has 0 spiro atoms. The molecule has 0 saturated heterocycles. The Morgan fingerprint density at radius 3 is 2.70 bits per heavy atom. The number of nitrogens with zero attached hydrogens (tertiary/aromatic N) is 1. The molecule has 0 aliphatic carbocycles. The van der Waals surface area contributed by atoms with Crippen LogP contribution in [0, 0.1) is 0 Å². The molecule has 2 N–H and O–H groups in total. The summed E-state index contributed by atoms with van der Waals surface area (Å²) in [4.78, 5) is 3.79. The standard InChI is InChI=1S/C16H17F3N2O2/c1-2-23-15-6-5-12(8-11(15)10-22)21-9-14-13(16(17,18)19)4-3-7-20-14/h3-8,21-22H,2,9-10H2,1H3. The van der Waals surface area contributed by atoms with Gasteiger partial charge in [0.15, 0.2) is 0 Å². The van der Waals surface area contributed by atoms with Gasteiger partial charge >= 0.3 is 6.18 Å². The molecule has 0 amide bonds. The molecule has 0 saturated carbocycles. The normalized spacial score (nSPS) is 11.3. The molecular formula is C16H17F3N2O2. The molecule has 23 heavy (non-hydrogen) atoms. The van der Waals surface area contributed by atoms with Gasteiger partial charge in [-0.2, -0.15) is 13.2 Å². The predicted molar refractivity (Wildman–Crippen MR) is 80.1 cm³/mol. The molecule has 1 aromatic heterocycles. The maximum absolute atomic E-state index is 12.9. The molecule has 4 nitrogen and oxygen atoms in total. The average Bonchev–Trinajstić information content (AvgIpc) is 2.53. The number of ether oxygens (including phenoxy) is 1. The van der Waals surface area contributed by atoms with E-state index in [2.05, 4.69) is 10.3 Å². The SMILES string of the molecule is CCOc1ccc(NCc2ncccc2C(F)(F)F)cc1CO. The molecule has 0 aliphatic rings. The third-order valence-electron chi connectivity index (χ3n) is 3.19. The van der Waals surface area contributed by atoms with E-state index in [0.717, 1.165) is 6.07 Å². The van der Waals surface area contributed by atoms with Crippen LogP contribution in [0.2, 0.25) is 0 Å². The van der Waals surface area contributed by atoms with Gasteiger partial charge in [0.2, 0.25) is 0 Å². The fourth-order valence-corrected chi connectivity index (χ4v) is 2.13. The Morgan fingerprint density at radius 2 is 2.04 bits per heavy atom. The van der Waals surface area contributed by atoms with Crippen molar-refractivity contribution >= 4 is 5.69 Å². The highest BCUT2D eigenvalue weighted by atomic mass is 19.4. The third kappa shape index (κ3) is 4.35. The summed E-state index contributed by atoms with van der Waals surface area (Å²) in [6.45, 7) is 1.99. The number of hydrogen-bond donors (Lipinski definition) is 2. The van der Waals surface area contributed by atoms with Crippen molar-refractivity contribution in [3.05, 3.63) is 53.3 Å². The van der Waals surface area contributed by atoms with Crippen LogP contribution in [0.15, 0.2) is 36.5 Å². The Kier molecular flexibility index (Phi) is 5.44. The Hall–Kier alpha value is -2.28. The predicted octanol–water partition coefficient (Wildman–Crippen LogP) is 3.60. The van der Waals surface area contributed by atoms with Gasteiger partial charge in [-0.25, -0.2) is 0 Å². The van der Waals surface area contributed by atoms with Crippen molar-refractivity contribution in [2.45, 2.75) is 26.3 Å². The Morgan fingerprint density at radius 1 is 1.26 bits per heavy atom. The Balaban J connectivity index is 2.16. The van der Waals surface area contributed by atoms with Gasteiger partial charge in [-0.15, -0.1) is 0 Å². The molecule has 1 heterocycles. The molecule has 0 aliphatic heterocycles. The maximum Gasteiger partial charge on any atom is 0.418 e. The maximum atomic E-state index is 12.9. The number of aromatic nitrogens is 1. The van der Waals surface area contributed by atoms with Gasteiger partial charge < -0.3 is 15.2 Å². The van der Waals surface area contributed by atoms with E-state index >= 15 is 0 Å². The molecule has 0 fully saturated rings. The van der Waals surface area contributed by atoms with Crippen molar-refractivity contribution in [1.82, 2.24) is 4.98 Å². The molecule has 2 rings (SSSR count). The molecule has 124 valence electrons. The highest BCUT2D eigenvalue weighted by Crippen LogP contribution is 2.31. The second kappa shape index (κ2) is 7.32. The molecule has 0 unspecified atom stereocenters. The van der Waals surface area contributed by atoms with Crippen LogP contribution in [0.25, 0.3) is 0 Å². The molecule has 1 aromatic carbocycles. The van der Waals surface area contributed by atoms with Crippen LogP contribution >= 0.6 is 0 Å². The minimum Gasteiger partial charge on any atom is -0.494 e. The lowest BCUT2D eigenvalue weighted by Gasteiger charge is -2.14. The minimum atomic E-state index is -4.44. The lowest BCUT2D eigenvalue weighted by Crippen LogP contribution is -2.13. The number of aliphatic hydroxyl groups is 1. The van der Waals surface area contributed by atoms with E-state index in [9.17, 15) is 18.3 Å². The largest absolute Gasteiger partial charge is 0.494 e. The number of aliphatic hydroxyl groups excluding tert-OH is 1. The number of nitrogens with one attached hydrogen (secondary N) is 1. The van der Waals surface area contributed by atoms with Crippen LogP contribution in [0.5, 0.6) is 5.75 Å². The number of alkyl halides is 3. The van der Waals surface area contributed by atoms with Crippen LogP contribution in [-0.2, 0) is 19.3 Å². The summed E-state index contributed by atoms with van der Waals surface area (Å²) in [6.07, 6.45) is -3.12. The van der Waals surface area contributed by atoms with E-state index in [0.29, 0.717) is 23.6 Å². The number of benzene rings is 1. The first-order chi connectivity index (χ1) is 11.0. The van der Waals surface area contributed by atoms with Crippen molar-refractivity contribution in [2.75, 3.05) is 11.9 Å². The number of pyridine rings is 1. The van der Waals surface area contributed by atoms with E-state index in [1.165, 1.54) is 12.3 Å². The molecule has 0 bridgehead atoms. The van der Waals surface area contributed by atoms with Crippen LogP contribution in [0.3, 0.4) is 0 Å². The summed E-state index contributed by atoms with van der Waals surface area (Å²) >= 11 is 0. The van der Waals surface area contributed by atoms with E-state index in [1.807, 2.05) is 6.92 Å². The zero-order chi connectivity index (χ0) is 16.9. The monoisotopic (exact) mass is 326 g/mol. The van der Waals surface area contributed by atoms with Crippen molar-refractivity contribution in [1.29, 1.82) is 0 Å². The molecular weight excluding hydrogens is 309 g/mol. The van der Waals surface area contributed by atoms with Gasteiger partial charge in [0.05, 0.1) is 31.0 Å². The van der Waals surface area contributed by atoms with Gasteiger partial charge in [0.25, 0.3) is 0 Å². The molecule has 2 aromatic rings. The highest BCUT2D eigenvalue weighted by molar-refractivity contribution is 5.51. The van der Waals surface area contributed by atoms with Crippen LogP contribution in [0.1, 0.15) is 23.7 Å². The molecule has 0 radical (unpaired) electrons. The van der Waals surface area contributed by atoms with Gasteiger partial charge in [0, 0.05) is 17.4 Å². The minimum absolute atomic E-state index is 0.0749. The summed E-state index contributed by atoms with van der Waals surface area (Å²) in [5.41, 5.74) is 0.297. The van der Waals surface area contributed by atoms with E-state index in [-0.39, 0.29) is 18.8 Å². The second-order valence-electron chi connectivity index (χ2n) is 4.76. The fourth-order valence-electron chi connectivity index (χ4n) is 2.13. The fraction of sp³-hybridized carbons (Fsp3) is 0.312. The summed E-state index contributed by atoms with van der Waals surface area (Å²) in [5, 5.41) is 12.2. The molecule has 7 heteroatoms. The lowest BCUT2D eigenvalue weighted by molar-refractivity contribution is -0.138. The smallest absolute Gasteiger partial charge is 0.418 e. The van der Waals surface area contributed by atoms with Gasteiger partial charge in [-0.05, 0) is 37.3 Å². The highest BCUT2D eigenvalue weighted by Gasteiger charge is 2.33. The van der Waals surface area contributed by atoms with Crippen LogP contribution < -0.4 is 10.1 Å². The van der Waals surface area contributed by atoms with Crippen LogP contribution in [0.4, 0.5) is 18.9 Å². The topological polar surface area (TPSA) is 54.4 Å². The van der Waals surface area contributed by atoms with Crippen molar-refractivity contribution in [3.63, 3.8) is 0 Å². The van der Waals surface area contributed by atoms with Gasteiger partial charge in [-0.1, -0.05) is 0 Å². The first kappa shape index (κ1) is 17.1. The van der Waals surface area contributed by atoms with E-state index in [4.69, 9.17) is 4.74 Å². The van der Waals surface area contributed by atoms with Crippen molar-refractivity contribution in [2.24, 2.45) is 0 Å². The zero-order valence-corrected chi connectivity index (χ0v) is 12.5. The van der Waals surface area contributed by atoms with Gasteiger partial charge in [0.1, 0.15) is 5.75 Å². The van der Waals surface area contributed by atoms with Crippen molar-refractivity contribution < 1.29 is 23.0 Å². The quantitative estimate of drug-likeness (QED) is 0.851. The summed E-state index contributed by atoms with van der Waals surface area (Å²) in [7, 11) is 0. The van der Waals surface area contributed by atoms with Crippen molar-refractivity contribution in [3.8, 4) is 5.75 Å². The van der Waals surface area contributed by atoms with Crippen LogP contribution in [-0.4, -0.2) is 16.7 Å². The van der Waals surface area contributed by atoms with E-state index in [1.54, 1.807) is 18.2 Å². The average molecular weight is 326 g/mol. The zero-order valence-electron chi connectivity index (χ0n) is 12.5.